The van der Waals surface area contributed by atoms with Crippen LogP contribution in [-0.4, -0.2) is 52.3 Å². The molecule has 2 aromatic heterocycles. The van der Waals surface area contributed by atoms with E-state index in [0.29, 0.717) is 34.5 Å². The highest BCUT2D eigenvalue weighted by Gasteiger charge is 2.20. The molecule has 0 spiro atoms. The molecule has 0 bridgehead atoms. The topological polar surface area (TPSA) is 86.5 Å². The van der Waals surface area contributed by atoms with Crippen LogP contribution in [0.3, 0.4) is 0 Å². The lowest BCUT2D eigenvalue weighted by Gasteiger charge is -2.18. The minimum Gasteiger partial charge on any atom is -0.497 e. The second-order valence-electron chi connectivity index (χ2n) is 8.09. The van der Waals surface area contributed by atoms with E-state index in [9.17, 15) is 9.59 Å². The highest BCUT2D eigenvalue weighted by molar-refractivity contribution is 6.04. The average molecular weight is 447 g/mol. The number of nitrogens with zero attached hydrogens (tertiary/aromatic N) is 4. The van der Waals surface area contributed by atoms with Gasteiger partial charge in [-0.25, -0.2) is 9.78 Å². The summed E-state index contributed by atoms with van der Waals surface area (Å²) in [5.74, 6) is -0.0568. The summed E-state index contributed by atoms with van der Waals surface area (Å²) in [7, 11) is 5.10. The molecule has 0 unspecified atom stereocenters. The van der Waals surface area contributed by atoms with Gasteiger partial charge in [-0.1, -0.05) is 18.2 Å². The van der Waals surface area contributed by atoms with E-state index in [1.807, 2.05) is 43.3 Å². The number of hydrogen-bond donors (Lipinski definition) is 0. The normalized spacial score (nSPS) is 11.1. The summed E-state index contributed by atoms with van der Waals surface area (Å²) in [6.45, 7) is 3.67. The van der Waals surface area contributed by atoms with Crippen molar-refractivity contribution in [3.05, 3.63) is 65.0 Å². The van der Waals surface area contributed by atoms with Crippen molar-refractivity contribution in [2.24, 2.45) is 7.05 Å². The van der Waals surface area contributed by atoms with Crippen LogP contribution in [0, 0.1) is 13.8 Å². The van der Waals surface area contributed by atoms with Crippen LogP contribution in [0.25, 0.3) is 21.8 Å². The Hall–Kier alpha value is -3.94. The maximum Gasteiger partial charge on any atom is 0.339 e. The summed E-state index contributed by atoms with van der Waals surface area (Å²) < 4.78 is 12.3. The monoisotopic (exact) mass is 446 g/mol. The van der Waals surface area contributed by atoms with Gasteiger partial charge < -0.3 is 14.4 Å². The number of likely N-dealkylation sites (N-methyl/N-ethyl adjacent to an activating group) is 1. The summed E-state index contributed by atoms with van der Waals surface area (Å²) in [6.07, 6.45) is 0. The van der Waals surface area contributed by atoms with Gasteiger partial charge in [0.15, 0.2) is 12.3 Å². The molecular formula is C25H26N4O4. The van der Waals surface area contributed by atoms with Gasteiger partial charge in [0.2, 0.25) is 0 Å². The van der Waals surface area contributed by atoms with E-state index in [0.717, 1.165) is 22.1 Å². The number of pyridine rings is 1. The van der Waals surface area contributed by atoms with E-state index in [2.05, 4.69) is 10.1 Å². The predicted octanol–water partition coefficient (Wildman–Crippen LogP) is 3.56. The molecule has 0 saturated carbocycles. The number of ether oxygens (including phenoxy) is 2. The largest absolute Gasteiger partial charge is 0.497 e. The standard InChI is InChI=1S/C25H26N4O4/c1-15-10-21(23-16(2)27-29(4)24(23)26-15)25(31)33-14-22(30)28(3)13-17-6-7-19-12-20(32-5)9-8-18(19)11-17/h6-12H,13-14H2,1-5H3. The Labute approximate surface area is 191 Å². The molecule has 8 heteroatoms. The highest BCUT2D eigenvalue weighted by atomic mass is 16.5. The Morgan fingerprint density at radius 1 is 1.06 bits per heavy atom. The predicted molar refractivity (Wildman–Crippen MR) is 125 cm³/mol. The molecule has 4 rings (SSSR count). The Bertz CT molecular complexity index is 1380. The molecule has 2 aromatic carbocycles. The molecule has 0 N–H and O–H groups in total. The van der Waals surface area contributed by atoms with Crippen molar-refractivity contribution in [3.8, 4) is 5.75 Å². The minimum absolute atomic E-state index is 0.289. The Morgan fingerprint density at radius 2 is 1.79 bits per heavy atom. The number of benzene rings is 2. The molecule has 0 atom stereocenters. The van der Waals surface area contributed by atoms with Gasteiger partial charge in [0.25, 0.3) is 5.91 Å². The zero-order valence-electron chi connectivity index (χ0n) is 19.4. The van der Waals surface area contributed by atoms with Gasteiger partial charge in [0, 0.05) is 26.3 Å². The molecule has 0 aliphatic heterocycles. The number of aryl methyl sites for hydroxylation is 3. The lowest BCUT2D eigenvalue weighted by molar-refractivity contribution is -0.133. The quantitative estimate of drug-likeness (QED) is 0.421. The lowest BCUT2D eigenvalue weighted by Crippen LogP contribution is -2.30. The smallest absolute Gasteiger partial charge is 0.339 e. The number of aromatic nitrogens is 3. The Balaban J connectivity index is 1.43. The molecule has 0 aliphatic carbocycles. The number of hydrogen-bond acceptors (Lipinski definition) is 6. The molecule has 0 radical (unpaired) electrons. The van der Waals surface area contributed by atoms with Crippen LogP contribution in [0.2, 0.25) is 0 Å². The van der Waals surface area contributed by atoms with Crippen LogP contribution in [0.4, 0.5) is 0 Å². The minimum atomic E-state index is -0.567. The first-order chi connectivity index (χ1) is 15.8. The van der Waals surface area contributed by atoms with Crippen molar-refractivity contribution in [2.75, 3.05) is 20.8 Å². The van der Waals surface area contributed by atoms with Gasteiger partial charge in [-0.3, -0.25) is 9.48 Å². The summed E-state index contributed by atoms with van der Waals surface area (Å²) >= 11 is 0. The molecule has 0 saturated heterocycles. The molecule has 170 valence electrons. The van der Waals surface area contributed by atoms with Gasteiger partial charge >= 0.3 is 5.97 Å². The zero-order valence-corrected chi connectivity index (χ0v) is 19.4. The van der Waals surface area contributed by atoms with E-state index in [4.69, 9.17) is 9.47 Å². The van der Waals surface area contributed by atoms with Crippen LogP contribution in [0.15, 0.2) is 42.5 Å². The van der Waals surface area contributed by atoms with E-state index in [1.54, 1.807) is 43.8 Å². The second-order valence-corrected chi connectivity index (χ2v) is 8.09. The molecule has 2 heterocycles. The van der Waals surface area contributed by atoms with Crippen molar-refractivity contribution in [1.82, 2.24) is 19.7 Å². The first-order valence-electron chi connectivity index (χ1n) is 10.6. The number of methoxy groups -OCH3 is 1. The highest BCUT2D eigenvalue weighted by Crippen LogP contribution is 2.23. The zero-order chi connectivity index (χ0) is 23.7. The van der Waals surface area contributed by atoms with Gasteiger partial charge in [0.05, 0.1) is 23.8 Å². The van der Waals surface area contributed by atoms with Gasteiger partial charge in [-0.2, -0.15) is 5.10 Å². The molecule has 0 fully saturated rings. The summed E-state index contributed by atoms with van der Waals surface area (Å²) in [4.78, 5) is 31.4. The van der Waals surface area contributed by atoms with Crippen molar-refractivity contribution in [2.45, 2.75) is 20.4 Å². The van der Waals surface area contributed by atoms with Crippen molar-refractivity contribution in [3.63, 3.8) is 0 Å². The third-order valence-corrected chi connectivity index (χ3v) is 5.60. The van der Waals surface area contributed by atoms with Crippen LogP contribution in [-0.2, 0) is 23.1 Å². The third kappa shape index (κ3) is 4.50. The molecule has 4 aromatic rings. The third-order valence-electron chi connectivity index (χ3n) is 5.60. The fourth-order valence-electron chi connectivity index (χ4n) is 3.91. The molecule has 33 heavy (non-hydrogen) atoms. The molecular weight excluding hydrogens is 420 g/mol. The summed E-state index contributed by atoms with van der Waals surface area (Å²) in [6, 6.07) is 13.5. The van der Waals surface area contributed by atoms with E-state index in [-0.39, 0.29) is 12.5 Å². The van der Waals surface area contributed by atoms with Crippen LogP contribution in [0.5, 0.6) is 5.75 Å². The Morgan fingerprint density at radius 3 is 2.55 bits per heavy atom. The molecule has 8 nitrogen and oxygen atoms in total. The van der Waals surface area contributed by atoms with Crippen LogP contribution >= 0.6 is 0 Å². The van der Waals surface area contributed by atoms with E-state index < -0.39 is 5.97 Å². The summed E-state index contributed by atoms with van der Waals surface area (Å²) in [5.41, 5.74) is 3.31. The SMILES string of the molecule is COc1ccc2cc(CN(C)C(=O)COC(=O)c3cc(C)nc4c3c(C)nn4C)ccc2c1. The number of amides is 1. The number of fused-ring (bicyclic) bond motifs is 2. The fraction of sp³-hybridized carbons (Fsp3) is 0.280. The maximum absolute atomic E-state index is 12.8. The summed E-state index contributed by atoms with van der Waals surface area (Å²) in [5, 5.41) is 7.10. The Kier molecular flexibility index (Phi) is 6.00. The molecule has 1 amide bonds. The number of esters is 1. The van der Waals surface area contributed by atoms with Gasteiger partial charge in [0.1, 0.15) is 5.75 Å². The number of carbonyl (C=O) groups is 2. The van der Waals surface area contributed by atoms with Crippen molar-refractivity contribution < 1.29 is 19.1 Å². The number of carbonyl (C=O) groups excluding carboxylic acids is 2. The fourth-order valence-corrected chi connectivity index (χ4v) is 3.91. The van der Waals surface area contributed by atoms with Crippen LogP contribution in [0.1, 0.15) is 27.3 Å². The van der Waals surface area contributed by atoms with Gasteiger partial charge in [-0.15, -0.1) is 0 Å². The first kappa shape index (κ1) is 22.3. The number of rotatable bonds is 6. The lowest BCUT2D eigenvalue weighted by atomic mass is 10.1. The van der Waals surface area contributed by atoms with E-state index >= 15 is 0 Å². The molecule has 0 aliphatic rings. The van der Waals surface area contributed by atoms with Crippen LogP contribution < -0.4 is 4.74 Å². The maximum atomic E-state index is 12.8. The van der Waals surface area contributed by atoms with Crippen molar-refractivity contribution >= 4 is 33.7 Å². The average Bonchev–Trinajstić information content (AvgIpc) is 3.09. The van der Waals surface area contributed by atoms with Crippen molar-refractivity contribution in [1.29, 1.82) is 0 Å². The second kappa shape index (κ2) is 8.90. The van der Waals surface area contributed by atoms with Gasteiger partial charge in [-0.05, 0) is 54.4 Å². The van der Waals surface area contributed by atoms with E-state index in [1.165, 1.54) is 0 Å². The first-order valence-corrected chi connectivity index (χ1v) is 10.6.